The van der Waals surface area contributed by atoms with Gasteiger partial charge in [0.05, 0.1) is 4.92 Å². The minimum Gasteiger partial charge on any atom is -0.417 e. The van der Waals surface area contributed by atoms with Crippen LogP contribution >= 0.6 is 11.3 Å². The van der Waals surface area contributed by atoms with Crippen molar-refractivity contribution in [1.29, 1.82) is 0 Å². The van der Waals surface area contributed by atoms with E-state index in [-0.39, 0.29) is 16.5 Å². The van der Waals surface area contributed by atoms with Gasteiger partial charge in [-0.15, -0.1) is 0 Å². The van der Waals surface area contributed by atoms with Crippen molar-refractivity contribution < 1.29 is 14.5 Å². The average Bonchev–Trinajstić information content (AvgIpc) is 2.34. The first-order valence-corrected chi connectivity index (χ1v) is 3.82. The van der Waals surface area contributed by atoms with Crippen molar-refractivity contribution in [2.75, 3.05) is 0 Å². The molecule has 0 aliphatic heterocycles. The van der Waals surface area contributed by atoms with Crippen molar-refractivity contribution in [1.82, 2.24) is 0 Å². The topological polar surface area (TPSA) is 69.4 Å². The highest BCUT2D eigenvalue weighted by atomic mass is 32.1. The van der Waals surface area contributed by atoms with Gasteiger partial charge < -0.3 is 4.74 Å². The van der Waals surface area contributed by atoms with Crippen LogP contribution in [0.25, 0.3) is 0 Å². The van der Waals surface area contributed by atoms with Crippen LogP contribution in [0.2, 0.25) is 0 Å². The van der Waals surface area contributed by atoms with Gasteiger partial charge in [0.15, 0.2) is 5.06 Å². The molecule has 0 unspecified atom stereocenters. The van der Waals surface area contributed by atoms with E-state index < -0.39 is 4.92 Å². The molecule has 0 saturated heterocycles. The summed E-state index contributed by atoms with van der Waals surface area (Å²) in [6.07, 6.45) is 0. The van der Waals surface area contributed by atoms with E-state index in [1.54, 1.807) is 6.92 Å². The van der Waals surface area contributed by atoms with Crippen molar-refractivity contribution in [3.05, 3.63) is 21.7 Å². The average molecular weight is 187 g/mol. The molecular weight excluding hydrogens is 182 g/mol. The van der Waals surface area contributed by atoms with Crippen molar-refractivity contribution in [2.45, 2.75) is 6.92 Å². The van der Waals surface area contributed by atoms with Gasteiger partial charge in [-0.1, -0.05) is 0 Å². The molecule has 0 aliphatic carbocycles. The Morgan fingerprint density at radius 2 is 2.42 bits per heavy atom. The van der Waals surface area contributed by atoms with Crippen LogP contribution < -0.4 is 4.74 Å². The molecule has 12 heavy (non-hydrogen) atoms. The van der Waals surface area contributed by atoms with Gasteiger partial charge in [0.2, 0.25) is 0 Å². The van der Waals surface area contributed by atoms with Crippen LogP contribution in [0.3, 0.4) is 0 Å². The molecule has 1 aromatic rings. The monoisotopic (exact) mass is 187 g/mol. The van der Waals surface area contributed by atoms with Crippen molar-refractivity contribution in [3.8, 4) is 5.06 Å². The second-order valence-electron chi connectivity index (χ2n) is 2.03. The van der Waals surface area contributed by atoms with E-state index in [2.05, 4.69) is 4.74 Å². The molecule has 64 valence electrons. The number of nitrogens with zero attached hydrogens (tertiary/aromatic N) is 1. The molecule has 0 radical (unpaired) electrons. The molecule has 1 aromatic heterocycles. The van der Waals surface area contributed by atoms with Crippen LogP contribution in [0.15, 0.2) is 6.07 Å². The van der Waals surface area contributed by atoms with Crippen molar-refractivity contribution in [2.24, 2.45) is 0 Å². The fraction of sp³-hybridized carbons (Fsp3) is 0.167. The number of ether oxygens (including phenoxy) is 1. The molecular formula is C6H5NO4S. The summed E-state index contributed by atoms with van der Waals surface area (Å²) in [5.41, 5.74) is 0.596. The summed E-state index contributed by atoms with van der Waals surface area (Å²) < 4.78 is 4.50. The van der Waals surface area contributed by atoms with E-state index in [0.29, 0.717) is 5.56 Å². The van der Waals surface area contributed by atoms with Gasteiger partial charge in [-0.25, -0.2) is 0 Å². The first-order chi connectivity index (χ1) is 5.65. The molecule has 0 aliphatic rings. The van der Waals surface area contributed by atoms with Gasteiger partial charge in [0.1, 0.15) is 0 Å². The highest BCUT2D eigenvalue weighted by Crippen LogP contribution is 2.34. The Morgan fingerprint density at radius 3 is 2.83 bits per heavy atom. The minimum absolute atomic E-state index is 0.0237. The summed E-state index contributed by atoms with van der Waals surface area (Å²) in [6.45, 7) is 1.89. The number of carbonyl (C=O) groups excluding carboxylic acids is 1. The molecule has 0 spiro atoms. The normalized spacial score (nSPS) is 9.42. The second kappa shape index (κ2) is 3.31. The predicted octanol–water partition coefficient (Wildman–Crippen LogP) is 1.50. The van der Waals surface area contributed by atoms with E-state index in [1.807, 2.05) is 0 Å². The van der Waals surface area contributed by atoms with E-state index >= 15 is 0 Å². The van der Waals surface area contributed by atoms with Gasteiger partial charge in [-0.2, -0.15) is 0 Å². The third kappa shape index (κ3) is 1.59. The highest BCUT2D eigenvalue weighted by Gasteiger charge is 2.14. The minimum atomic E-state index is -0.519. The number of hydrogen-bond donors (Lipinski definition) is 0. The lowest BCUT2D eigenvalue weighted by Gasteiger charge is -1.89. The van der Waals surface area contributed by atoms with E-state index in [4.69, 9.17) is 0 Å². The molecule has 0 bridgehead atoms. The summed E-state index contributed by atoms with van der Waals surface area (Å²) in [6, 6.07) is 1.36. The molecule has 0 fully saturated rings. The standard InChI is InChI=1S/C6H5NO4S/c1-4-2-5(7(9)10)12-6(4)11-3-8/h2-3H,1H3. The van der Waals surface area contributed by atoms with Crippen LogP contribution in [0, 0.1) is 17.0 Å². The van der Waals surface area contributed by atoms with E-state index in [1.165, 1.54) is 6.07 Å². The summed E-state index contributed by atoms with van der Waals surface area (Å²) in [7, 11) is 0. The maximum Gasteiger partial charge on any atom is 0.327 e. The summed E-state index contributed by atoms with van der Waals surface area (Å²) >= 11 is 0.840. The maximum atomic E-state index is 10.2. The van der Waals surface area contributed by atoms with Crippen LogP contribution in [-0.2, 0) is 4.79 Å². The Balaban J connectivity index is 2.99. The van der Waals surface area contributed by atoms with Gasteiger partial charge in [-0.3, -0.25) is 14.9 Å². The fourth-order valence-electron chi connectivity index (χ4n) is 0.700. The molecule has 0 N–H and O–H groups in total. The number of thiophene rings is 1. The molecule has 0 saturated carbocycles. The third-order valence-corrected chi connectivity index (χ3v) is 2.27. The highest BCUT2D eigenvalue weighted by molar-refractivity contribution is 7.17. The lowest BCUT2D eigenvalue weighted by molar-refractivity contribution is -0.380. The molecule has 0 amide bonds. The molecule has 1 heterocycles. The van der Waals surface area contributed by atoms with Crippen molar-refractivity contribution >= 4 is 22.8 Å². The lowest BCUT2D eigenvalue weighted by Crippen LogP contribution is -1.85. The maximum absolute atomic E-state index is 10.2. The molecule has 6 heteroatoms. The zero-order valence-corrected chi connectivity index (χ0v) is 6.96. The van der Waals surface area contributed by atoms with Crippen LogP contribution in [-0.4, -0.2) is 11.4 Å². The molecule has 1 rings (SSSR count). The smallest absolute Gasteiger partial charge is 0.327 e. The van der Waals surface area contributed by atoms with Crippen LogP contribution in [0.5, 0.6) is 5.06 Å². The Hall–Kier alpha value is -1.43. The number of nitro groups is 1. The van der Waals surface area contributed by atoms with Gasteiger partial charge in [0, 0.05) is 11.6 Å². The third-order valence-electron chi connectivity index (χ3n) is 1.19. The number of carbonyl (C=O) groups is 1. The number of hydrogen-bond acceptors (Lipinski definition) is 5. The predicted molar refractivity (Wildman–Crippen MR) is 42.4 cm³/mol. The molecule has 0 aromatic carbocycles. The number of rotatable bonds is 3. The quantitative estimate of drug-likeness (QED) is 0.408. The molecule has 0 atom stereocenters. The van der Waals surface area contributed by atoms with Gasteiger partial charge in [-0.05, 0) is 18.3 Å². The molecule has 5 nitrogen and oxygen atoms in total. The van der Waals surface area contributed by atoms with Crippen LogP contribution in [0.1, 0.15) is 5.56 Å². The summed E-state index contributed by atoms with van der Waals surface area (Å²) in [4.78, 5) is 19.6. The lowest BCUT2D eigenvalue weighted by atomic mass is 10.4. The fourth-order valence-corrected chi connectivity index (χ4v) is 1.51. The Labute approximate surface area is 71.7 Å². The summed E-state index contributed by atoms with van der Waals surface area (Å²) in [5.74, 6) is 0. The zero-order valence-electron chi connectivity index (χ0n) is 6.14. The van der Waals surface area contributed by atoms with Gasteiger partial charge >= 0.3 is 5.00 Å². The SMILES string of the molecule is Cc1cc([N+](=O)[O-])sc1OC=O. The van der Waals surface area contributed by atoms with E-state index in [9.17, 15) is 14.9 Å². The Morgan fingerprint density at radius 1 is 1.75 bits per heavy atom. The van der Waals surface area contributed by atoms with E-state index in [0.717, 1.165) is 11.3 Å². The van der Waals surface area contributed by atoms with Gasteiger partial charge in [0.25, 0.3) is 6.47 Å². The van der Waals surface area contributed by atoms with Crippen molar-refractivity contribution in [3.63, 3.8) is 0 Å². The largest absolute Gasteiger partial charge is 0.417 e. The second-order valence-corrected chi connectivity index (χ2v) is 3.02. The Bertz CT molecular complexity index is 319. The Kier molecular flexibility index (Phi) is 2.39. The first-order valence-electron chi connectivity index (χ1n) is 3.00. The summed E-state index contributed by atoms with van der Waals surface area (Å²) in [5, 5.41) is 10.5. The number of aryl methyl sites for hydroxylation is 1. The zero-order chi connectivity index (χ0) is 9.14. The van der Waals surface area contributed by atoms with Crippen LogP contribution in [0.4, 0.5) is 5.00 Å². The first kappa shape index (κ1) is 8.66.